The highest BCUT2D eigenvalue weighted by Crippen LogP contribution is 2.84. The largest absolute Gasteiger partial charge is 0.0622 e. The minimum atomic E-state index is -0.0554. The van der Waals surface area contributed by atoms with E-state index in [0.29, 0.717) is 23.7 Å². The summed E-state index contributed by atoms with van der Waals surface area (Å²) in [6, 6.07) is 112. The lowest BCUT2D eigenvalue weighted by atomic mass is 9.20. The van der Waals surface area contributed by atoms with Crippen LogP contribution in [-0.2, 0) is 21.7 Å². The normalized spacial score (nSPS) is 21.4. The predicted molar refractivity (Wildman–Crippen MR) is 414 cm³/mol. The summed E-state index contributed by atoms with van der Waals surface area (Å²) in [5, 5.41) is 0. The molecule has 19 rings (SSSR count). The van der Waals surface area contributed by atoms with Gasteiger partial charge in [-0.25, -0.2) is 0 Å². The van der Waals surface area contributed by atoms with Crippen LogP contribution in [-0.4, -0.2) is 0 Å². The van der Waals surface area contributed by atoms with Crippen molar-refractivity contribution in [1.29, 1.82) is 0 Å². The molecule has 0 spiro atoms. The molecule has 4 atom stereocenters. The van der Waals surface area contributed by atoms with Gasteiger partial charge in [0.25, 0.3) is 0 Å². The van der Waals surface area contributed by atoms with E-state index in [1.165, 1.54) is 22.3 Å². The lowest BCUT2D eigenvalue weighted by Crippen LogP contribution is -2.80. The van der Waals surface area contributed by atoms with Crippen molar-refractivity contribution < 1.29 is 0 Å². The van der Waals surface area contributed by atoms with E-state index in [9.17, 15) is 0 Å². The second kappa shape index (κ2) is 27.1. The molecule has 7 fully saturated rings. The number of hydrogen-bond donors (Lipinski definition) is 0. The van der Waals surface area contributed by atoms with E-state index in [1.807, 2.05) is 121 Å². The Balaban J connectivity index is 0.714. The molecule has 476 valence electrons. The van der Waals surface area contributed by atoms with Gasteiger partial charge in [-0.3, -0.25) is 0 Å². The zero-order valence-corrected chi connectivity index (χ0v) is 56.6. The SMILES string of the molecule is C(#Cc1ccc(C#Cc2ccc(C34CC5C6CC7(c8ccc(C#Cc9ccc(C#Cc%10ccccc%10)cc9)cc8)CC(C(C3)C5(c3ccc(C#Cc5ccc(C#Cc8ccccc8)cc5)cc3)C7)C6(c3ccc(C#Cc5ccc(C#Cc6ccccc6)cc5)cc3)C4)cc2)cc1)c1ccccc1. The summed E-state index contributed by atoms with van der Waals surface area (Å²) >= 11 is 0. The van der Waals surface area contributed by atoms with Gasteiger partial charge in [-0.15, -0.1) is 0 Å². The quantitative estimate of drug-likeness (QED) is 0.154. The highest BCUT2D eigenvalue weighted by molar-refractivity contribution is 5.58. The molecule has 0 nitrogen and oxygen atoms in total. The van der Waals surface area contributed by atoms with Crippen molar-refractivity contribution in [3.8, 4) is 94.7 Å². The van der Waals surface area contributed by atoms with Crippen molar-refractivity contribution in [3.63, 3.8) is 0 Å². The van der Waals surface area contributed by atoms with Gasteiger partial charge in [0.15, 0.2) is 0 Å². The minimum Gasteiger partial charge on any atom is -0.0622 e. The first kappa shape index (κ1) is 62.6. The third-order valence-corrected chi connectivity index (χ3v) is 22.6. The molecule has 8 bridgehead atoms. The molecule has 0 heterocycles. The Kier molecular flexibility index (Phi) is 16.6. The van der Waals surface area contributed by atoms with Gasteiger partial charge in [-0.05, 0) is 289 Å². The maximum absolute atomic E-state index is 3.57. The lowest BCUT2D eigenvalue weighted by Gasteiger charge is -2.83. The Hall–Kier alpha value is -12.9. The van der Waals surface area contributed by atoms with Gasteiger partial charge >= 0.3 is 0 Å². The number of hydrogen-bond acceptors (Lipinski definition) is 0. The molecule has 0 aliphatic heterocycles. The van der Waals surface area contributed by atoms with Gasteiger partial charge in [0.1, 0.15) is 0 Å². The van der Waals surface area contributed by atoms with E-state index in [0.717, 1.165) is 128 Å². The van der Waals surface area contributed by atoms with Gasteiger partial charge in [0, 0.05) is 99.8 Å². The molecule has 0 amide bonds. The summed E-state index contributed by atoms with van der Waals surface area (Å²) in [6.07, 6.45) is 6.82. The van der Waals surface area contributed by atoms with Crippen molar-refractivity contribution in [2.45, 2.75) is 60.2 Å². The van der Waals surface area contributed by atoms with Crippen molar-refractivity contribution >= 4 is 0 Å². The molecule has 0 heteroatoms. The predicted octanol–water partition coefficient (Wildman–Crippen LogP) is 19.8. The molecule has 7 saturated carbocycles. The fraction of sp³-hybridized carbons (Fsp3) is 0.137. The minimum absolute atomic E-state index is 0.0217. The van der Waals surface area contributed by atoms with E-state index in [2.05, 4.69) is 289 Å². The summed E-state index contributed by atoms with van der Waals surface area (Å²) in [7, 11) is 0. The summed E-state index contributed by atoms with van der Waals surface area (Å²) in [5.74, 6) is 56.3. The highest BCUT2D eigenvalue weighted by Gasteiger charge is 2.81. The van der Waals surface area contributed by atoms with Crippen molar-refractivity contribution in [2.75, 3.05) is 0 Å². The van der Waals surface area contributed by atoms with Crippen molar-refractivity contribution in [2.24, 2.45) is 23.7 Å². The van der Waals surface area contributed by atoms with Crippen LogP contribution in [0.3, 0.4) is 0 Å². The average Bonchev–Trinajstić information content (AvgIpc) is 0.632. The summed E-state index contributed by atoms with van der Waals surface area (Å²) < 4.78 is 0. The van der Waals surface area contributed by atoms with E-state index >= 15 is 0 Å². The van der Waals surface area contributed by atoms with Crippen LogP contribution in [0.5, 0.6) is 0 Å². The second-order valence-electron chi connectivity index (χ2n) is 28.3. The molecule has 7 aliphatic carbocycles. The topological polar surface area (TPSA) is 0 Å². The molecule has 0 N–H and O–H groups in total. The molecule has 4 unspecified atom stereocenters. The fourth-order valence-electron chi connectivity index (χ4n) is 18.1. The third-order valence-electron chi connectivity index (χ3n) is 22.6. The smallest absolute Gasteiger partial charge is 0.0249 e. The van der Waals surface area contributed by atoms with Gasteiger partial charge in [-0.2, -0.15) is 0 Å². The maximum atomic E-state index is 3.57. The van der Waals surface area contributed by atoms with Gasteiger partial charge in [0.05, 0.1) is 0 Å². The van der Waals surface area contributed by atoms with Crippen LogP contribution >= 0.6 is 0 Å². The van der Waals surface area contributed by atoms with Crippen LogP contribution < -0.4 is 0 Å². The molecule has 12 aromatic rings. The molecule has 0 radical (unpaired) electrons. The Morgan fingerprint density at radius 2 is 0.294 bits per heavy atom. The van der Waals surface area contributed by atoms with Crippen LogP contribution in [0, 0.1) is 118 Å². The van der Waals surface area contributed by atoms with E-state index in [-0.39, 0.29) is 21.7 Å². The van der Waals surface area contributed by atoms with Gasteiger partial charge < -0.3 is 0 Å². The van der Waals surface area contributed by atoms with Crippen LogP contribution in [0.1, 0.15) is 150 Å². The molecular weight excluding hydrogens is 1230 g/mol. The van der Waals surface area contributed by atoms with E-state index in [1.54, 1.807) is 0 Å². The number of rotatable bonds is 4. The maximum Gasteiger partial charge on any atom is 0.0249 e. The van der Waals surface area contributed by atoms with Crippen molar-refractivity contribution in [3.05, 3.63) is 427 Å². The summed E-state index contributed by atoms with van der Waals surface area (Å²) in [6.45, 7) is 0. The third kappa shape index (κ3) is 12.5. The highest BCUT2D eigenvalue weighted by atomic mass is 14.8. The Morgan fingerprint density at radius 3 is 0.461 bits per heavy atom. The lowest BCUT2D eigenvalue weighted by molar-refractivity contribution is -0.253. The molecule has 0 aromatic heterocycles. The molecule has 12 aromatic carbocycles. The molecular formula is C102H68. The Labute approximate surface area is 601 Å². The first-order valence-corrected chi connectivity index (χ1v) is 35.5. The molecule has 7 aliphatic rings. The van der Waals surface area contributed by atoms with Crippen molar-refractivity contribution in [1.82, 2.24) is 0 Å². The average molecular weight is 1290 g/mol. The number of benzene rings is 12. The van der Waals surface area contributed by atoms with Crippen LogP contribution in [0.25, 0.3) is 0 Å². The molecule has 0 saturated heterocycles. The van der Waals surface area contributed by atoms with E-state index < -0.39 is 0 Å². The molecule has 102 heavy (non-hydrogen) atoms. The first-order valence-electron chi connectivity index (χ1n) is 35.5. The summed E-state index contributed by atoms with van der Waals surface area (Å²) in [4.78, 5) is 0. The second-order valence-corrected chi connectivity index (χ2v) is 28.3. The zero-order valence-electron chi connectivity index (χ0n) is 56.6. The Bertz CT molecular complexity index is 5280. The first-order chi connectivity index (χ1) is 50.3. The van der Waals surface area contributed by atoms with Crippen LogP contribution in [0.4, 0.5) is 0 Å². The zero-order chi connectivity index (χ0) is 68.2. The van der Waals surface area contributed by atoms with Crippen LogP contribution in [0.15, 0.2) is 315 Å². The summed E-state index contributed by atoms with van der Waals surface area (Å²) in [5.41, 5.74) is 21.6. The van der Waals surface area contributed by atoms with Crippen LogP contribution in [0.2, 0.25) is 0 Å². The van der Waals surface area contributed by atoms with Gasteiger partial charge in [0.2, 0.25) is 0 Å². The fourth-order valence-corrected chi connectivity index (χ4v) is 18.1. The van der Waals surface area contributed by atoms with Gasteiger partial charge in [-0.1, -0.05) is 216 Å². The monoisotopic (exact) mass is 1290 g/mol. The standard InChI is InChI=1S/C102H68/c1-5-13-75(14-6-1)21-25-79-29-37-83(38-30-79)45-49-87-53-61-91(62-54-87)99-69-95-97-71-100(92-63-55-88(56-64-92)50-46-84-39-31-80(32-40-84)26-22-76-15-7-2-8-16-76)72-98(101(97,73-99)93-65-57-89(58-66-93)51-47-85-41-33-81(34-42-85)27-23-77-17-9-3-10-18-77)96(70-99)102(95,74-100)94-67-59-90(60-68-94)52-48-86-43-35-82(36-44-86)28-24-78-19-11-4-12-20-78/h1-20,29-44,53-68,95-98H,69-74H2. The Morgan fingerprint density at radius 1 is 0.157 bits per heavy atom. The van der Waals surface area contributed by atoms with E-state index in [4.69, 9.17) is 0 Å².